The van der Waals surface area contributed by atoms with E-state index in [1.807, 2.05) is 0 Å². The molecule has 0 atom stereocenters. The molecule has 6 aromatic carbocycles. The first-order chi connectivity index (χ1) is 28.5. The second kappa shape index (κ2) is 13.5. The van der Waals surface area contributed by atoms with E-state index in [-0.39, 0.29) is 16.8 Å². The molecule has 0 aromatic heterocycles. The van der Waals surface area contributed by atoms with Crippen LogP contribution in [0.25, 0.3) is 4.91 Å². The Balaban J connectivity index is 1.55. The molecule has 2 nitrogen and oxygen atoms in total. The number of allylic oxidation sites excluding steroid dienone is 1. The van der Waals surface area contributed by atoms with Gasteiger partial charge in [0.1, 0.15) is 34.9 Å². The van der Waals surface area contributed by atoms with Crippen LogP contribution in [0, 0.1) is 87.3 Å². The van der Waals surface area contributed by atoms with Crippen LogP contribution in [-0.2, 0) is 9.50 Å². The Labute approximate surface area is 330 Å². The lowest BCUT2D eigenvalue weighted by atomic mass is 9.27. The van der Waals surface area contributed by atoms with E-state index in [0.717, 1.165) is 11.8 Å². The first kappa shape index (κ1) is 39.4. The minimum atomic E-state index is -6.39. The van der Waals surface area contributed by atoms with E-state index >= 15 is 52.7 Å². The monoisotopic (exact) mass is 865 g/mol. The van der Waals surface area contributed by atoms with E-state index in [1.165, 1.54) is 30.3 Å². The Morgan fingerprint density at radius 1 is 0.433 bits per heavy atom. The molecule has 2 bridgehead atoms. The third-order valence-corrected chi connectivity index (χ3v) is 12.4. The first-order valence-electron chi connectivity index (χ1n) is 17.2. The van der Waals surface area contributed by atoms with Crippen molar-refractivity contribution < 1.29 is 75.4 Å². The highest BCUT2D eigenvalue weighted by molar-refractivity contribution is 8.10. The number of thioether (sulfide) groups is 1. The molecule has 0 saturated carbocycles. The summed E-state index contributed by atoms with van der Waals surface area (Å²) in [6.45, 7) is 0. The van der Waals surface area contributed by atoms with Gasteiger partial charge in [-0.25, -0.2) is 65.9 Å². The van der Waals surface area contributed by atoms with E-state index in [0.29, 0.717) is 26.3 Å². The Morgan fingerprint density at radius 3 is 1.15 bits per heavy atom. The van der Waals surface area contributed by atoms with Crippen molar-refractivity contribution in [3.8, 4) is 0 Å². The summed E-state index contributed by atoms with van der Waals surface area (Å²) in [7, 11) is 0. The lowest BCUT2D eigenvalue weighted by molar-refractivity contribution is -0.780. The first-order valence-corrected chi connectivity index (χ1v) is 18.0. The normalized spacial score (nSPS) is 17.8. The summed E-state index contributed by atoms with van der Waals surface area (Å²) in [5, 5.41) is 0. The Hall–Kier alpha value is -6.11. The molecule has 304 valence electrons. The van der Waals surface area contributed by atoms with Crippen molar-refractivity contribution in [1.82, 2.24) is 0 Å². The van der Waals surface area contributed by atoms with Gasteiger partial charge in [0.05, 0.1) is 0 Å². The molecule has 3 aliphatic heterocycles. The number of halogens is 15. The molecule has 0 unspecified atom stereocenters. The number of benzene rings is 6. The molecule has 1 spiro atoms. The van der Waals surface area contributed by atoms with Crippen molar-refractivity contribution in [2.75, 3.05) is 0 Å². The van der Waals surface area contributed by atoms with Gasteiger partial charge in [-0.3, -0.25) is 0 Å². The topological polar surface area (TPSA) is 12.2 Å². The van der Waals surface area contributed by atoms with Crippen LogP contribution in [0.3, 0.4) is 0 Å². The van der Waals surface area contributed by atoms with Gasteiger partial charge in [-0.1, -0.05) is 112 Å². The fraction of sp³-hybridized carbons (Fsp3) is 0.0488. The third-order valence-electron chi connectivity index (χ3n) is 10.9. The molecular formula is C41H15BF15NOS. The van der Waals surface area contributed by atoms with Crippen molar-refractivity contribution in [2.24, 2.45) is 0 Å². The highest BCUT2D eigenvalue weighted by atomic mass is 32.2. The molecular weight excluding hydrogens is 850 g/mol. The smallest absolute Gasteiger partial charge is 0.345 e. The van der Waals surface area contributed by atoms with E-state index in [4.69, 9.17) is 4.76 Å². The molecule has 0 saturated heterocycles. The maximum atomic E-state index is 16.5. The summed E-state index contributed by atoms with van der Waals surface area (Å²) in [6, 6.07) is 18.5. The van der Waals surface area contributed by atoms with Gasteiger partial charge in [-0.05, 0) is 16.7 Å². The largest absolute Gasteiger partial charge is 0.485 e. The van der Waals surface area contributed by atoms with Crippen molar-refractivity contribution in [3.63, 3.8) is 0 Å². The fourth-order valence-electron chi connectivity index (χ4n) is 8.45. The molecule has 0 fully saturated rings. The van der Waals surface area contributed by atoms with Gasteiger partial charge < -0.3 is 4.76 Å². The summed E-state index contributed by atoms with van der Waals surface area (Å²) in [5.41, 5.74) is -7.37. The van der Waals surface area contributed by atoms with Crippen LogP contribution in [0.1, 0.15) is 33.9 Å². The number of hydroxylamine groups is 1. The summed E-state index contributed by atoms with van der Waals surface area (Å²) in [5.74, 6) is -46.8. The standard InChI is InChI=1S/C41H15BF15NOS/c43-25-22(26(44)32(50)37(55)31(25)49)42(23-27(45)33(51)38(56)34(52)28(23)46,24-29(47)35(53)39(57)36(54)30(24)48)59-58-21-14-20(15-8-2-1-3-9-15)60-41(21)18-12-6-4-10-16(18)40(58)17-11-5-7-13-19(17)41/h1-14,40H. The van der Waals surface area contributed by atoms with E-state index in [9.17, 15) is 13.2 Å². The van der Waals surface area contributed by atoms with Crippen molar-refractivity contribution >= 4 is 45.1 Å². The predicted octanol–water partition coefficient (Wildman–Crippen LogP) is 9.27. The number of rotatable bonds is 6. The van der Waals surface area contributed by atoms with Crippen LogP contribution in [-0.4, -0.2) is 16.8 Å². The Bertz CT molecular complexity index is 2670. The summed E-state index contributed by atoms with van der Waals surface area (Å²) in [6.07, 6.45) is -5.10. The lowest BCUT2D eigenvalue weighted by Crippen LogP contribution is -2.76. The van der Waals surface area contributed by atoms with E-state index in [2.05, 4.69) is 0 Å². The zero-order valence-electron chi connectivity index (χ0n) is 29.2. The zero-order chi connectivity index (χ0) is 42.9. The molecule has 0 radical (unpaired) electrons. The molecule has 6 aromatic rings. The molecule has 60 heavy (non-hydrogen) atoms. The second-order valence-corrected chi connectivity index (χ2v) is 15.0. The van der Waals surface area contributed by atoms with Gasteiger partial charge in [-0.2, -0.15) is 0 Å². The van der Waals surface area contributed by atoms with Gasteiger partial charge in [0, 0.05) is 22.1 Å². The minimum Gasteiger partial charge on any atom is -0.485 e. The van der Waals surface area contributed by atoms with Crippen molar-refractivity contribution in [2.45, 2.75) is 10.8 Å². The van der Waals surface area contributed by atoms with Crippen LogP contribution in [0.4, 0.5) is 65.9 Å². The van der Waals surface area contributed by atoms with Gasteiger partial charge in [0.2, 0.25) is 11.8 Å². The van der Waals surface area contributed by atoms with Gasteiger partial charge >= 0.3 is 6.35 Å². The van der Waals surface area contributed by atoms with Crippen molar-refractivity contribution in [1.29, 1.82) is 0 Å². The van der Waals surface area contributed by atoms with Crippen LogP contribution >= 0.6 is 11.8 Å². The highest BCUT2D eigenvalue weighted by Gasteiger charge is 2.65. The fourth-order valence-corrected chi connectivity index (χ4v) is 10.1. The van der Waals surface area contributed by atoms with Gasteiger partial charge in [0.25, 0.3) is 0 Å². The summed E-state index contributed by atoms with van der Waals surface area (Å²) < 4.78 is 240. The average Bonchev–Trinajstić information content (AvgIpc) is 3.68. The molecule has 0 N–H and O–H groups in total. The summed E-state index contributed by atoms with van der Waals surface area (Å²) in [4.78, 5) is 0.313. The molecule has 3 heterocycles. The molecule has 4 aliphatic rings. The molecule has 19 heteroatoms. The Morgan fingerprint density at radius 2 is 0.767 bits per heavy atom. The number of hydrogen-bond acceptors (Lipinski definition) is 2. The predicted molar refractivity (Wildman–Crippen MR) is 187 cm³/mol. The van der Waals surface area contributed by atoms with Crippen LogP contribution < -0.4 is 16.4 Å². The maximum Gasteiger partial charge on any atom is 0.345 e. The van der Waals surface area contributed by atoms with E-state index < -0.39 is 121 Å². The number of hydrogen-bond donors (Lipinski definition) is 0. The minimum absolute atomic E-state index is 0.132. The quantitative estimate of drug-likeness (QED) is 0.0545. The van der Waals surface area contributed by atoms with Crippen molar-refractivity contribution in [3.05, 3.63) is 200 Å². The molecule has 10 rings (SSSR count). The Kier molecular flexibility index (Phi) is 8.83. The molecule has 1 aliphatic carbocycles. The summed E-state index contributed by atoms with van der Waals surface area (Å²) >= 11 is 1.03. The van der Waals surface area contributed by atoms with Gasteiger partial charge in [0.15, 0.2) is 57.1 Å². The lowest BCUT2D eigenvalue weighted by Gasteiger charge is -2.47. The van der Waals surface area contributed by atoms with Crippen LogP contribution in [0.5, 0.6) is 0 Å². The van der Waals surface area contributed by atoms with Crippen LogP contribution in [0.15, 0.2) is 84.9 Å². The van der Waals surface area contributed by atoms with Crippen LogP contribution in [0.2, 0.25) is 0 Å². The number of nitrogens with zero attached hydrogens (tertiary/aromatic N) is 1. The SMILES string of the molecule is Fc1c(F)c(F)c([B-](O[N+]2=C3C=C(c4ccccc4)SC34c3ccccc3C2c2ccccc24)(c2c(F)c(F)c(F)c(F)c2F)c2c(F)c(F)c(F)c(F)c2F)c(F)c1F. The van der Waals surface area contributed by atoms with Gasteiger partial charge in [-0.15, -0.1) is 0 Å². The van der Waals surface area contributed by atoms with E-state index in [1.54, 1.807) is 54.6 Å². The molecule has 0 amide bonds. The maximum absolute atomic E-state index is 16.5. The third kappa shape index (κ3) is 4.88. The zero-order valence-corrected chi connectivity index (χ0v) is 30.0. The average molecular weight is 865 g/mol. The highest BCUT2D eigenvalue weighted by Crippen LogP contribution is 2.64. The second-order valence-electron chi connectivity index (χ2n) is 13.8.